The van der Waals surface area contributed by atoms with Crippen molar-refractivity contribution in [3.63, 3.8) is 0 Å². The number of hydrogen-bond donors (Lipinski definition) is 2. The third-order valence-electron chi connectivity index (χ3n) is 4.40. The van der Waals surface area contributed by atoms with Gasteiger partial charge in [0, 0.05) is 29.4 Å². The van der Waals surface area contributed by atoms with Crippen molar-refractivity contribution in [3.8, 4) is 5.75 Å². The average molecular weight is 408 g/mol. The summed E-state index contributed by atoms with van der Waals surface area (Å²) in [4.78, 5) is 28.3. The second-order valence-corrected chi connectivity index (χ2v) is 7.78. The molecule has 3 rings (SSSR count). The molecule has 2 aromatic rings. The van der Waals surface area contributed by atoms with E-state index in [0.717, 1.165) is 25.7 Å². The summed E-state index contributed by atoms with van der Waals surface area (Å²) in [6.07, 6.45) is 4.20. The minimum Gasteiger partial charge on any atom is -0.486 e. The highest BCUT2D eigenvalue weighted by atomic mass is 35.5. The Labute approximate surface area is 167 Å². The van der Waals surface area contributed by atoms with Gasteiger partial charge in [-0.05, 0) is 37.1 Å². The van der Waals surface area contributed by atoms with Crippen molar-refractivity contribution in [2.75, 3.05) is 13.1 Å². The van der Waals surface area contributed by atoms with Gasteiger partial charge >= 0.3 is 0 Å². The van der Waals surface area contributed by atoms with Gasteiger partial charge in [0.2, 0.25) is 5.91 Å². The molecular formula is C19H22ClN3O3S. The lowest BCUT2D eigenvalue weighted by Crippen LogP contribution is -2.37. The van der Waals surface area contributed by atoms with E-state index in [-0.39, 0.29) is 24.3 Å². The number of amides is 2. The molecule has 0 unspecified atom stereocenters. The molecule has 1 aromatic carbocycles. The fourth-order valence-electron chi connectivity index (χ4n) is 2.94. The smallest absolute Gasteiger partial charge is 0.270 e. The lowest BCUT2D eigenvalue weighted by Gasteiger charge is -2.10. The van der Waals surface area contributed by atoms with E-state index in [0.29, 0.717) is 34.6 Å². The standard InChI is InChI=1S/C19H22ClN3O3S/c20-14-5-7-15(8-6-14)26-11-17-23-16(12-27-17)19(25)22-10-9-21-18(24)13-3-1-2-4-13/h5-8,12-13H,1-4,9-11H2,(H,21,24)(H,22,25). The molecule has 8 heteroatoms. The number of nitrogens with one attached hydrogen (secondary N) is 2. The molecule has 0 saturated heterocycles. The van der Waals surface area contributed by atoms with Gasteiger partial charge in [-0.25, -0.2) is 4.98 Å². The number of rotatable bonds is 8. The summed E-state index contributed by atoms with van der Waals surface area (Å²) < 4.78 is 5.62. The summed E-state index contributed by atoms with van der Waals surface area (Å²) in [5.74, 6) is 0.678. The van der Waals surface area contributed by atoms with E-state index in [9.17, 15) is 9.59 Å². The van der Waals surface area contributed by atoms with Crippen LogP contribution in [0.4, 0.5) is 0 Å². The van der Waals surface area contributed by atoms with Crippen molar-refractivity contribution in [2.24, 2.45) is 5.92 Å². The number of aromatic nitrogens is 1. The van der Waals surface area contributed by atoms with Crippen molar-refractivity contribution in [1.29, 1.82) is 0 Å². The van der Waals surface area contributed by atoms with Crippen LogP contribution in [-0.2, 0) is 11.4 Å². The Morgan fingerprint density at radius 3 is 2.59 bits per heavy atom. The molecule has 0 aliphatic heterocycles. The first kappa shape index (κ1) is 19.6. The number of benzene rings is 1. The quantitative estimate of drug-likeness (QED) is 0.657. The normalized spacial score (nSPS) is 14.1. The van der Waals surface area contributed by atoms with E-state index >= 15 is 0 Å². The highest BCUT2D eigenvalue weighted by Crippen LogP contribution is 2.24. The zero-order valence-corrected chi connectivity index (χ0v) is 16.4. The van der Waals surface area contributed by atoms with Crippen LogP contribution in [0.1, 0.15) is 41.2 Å². The Morgan fingerprint density at radius 1 is 1.15 bits per heavy atom. The van der Waals surface area contributed by atoms with Crippen LogP contribution < -0.4 is 15.4 Å². The zero-order valence-electron chi connectivity index (χ0n) is 14.9. The minimum absolute atomic E-state index is 0.0945. The molecule has 0 spiro atoms. The van der Waals surface area contributed by atoms with Gasteiger partial charge in [-0.15, -0.1) is 11.3 Å². The predicted molar refractivity (Wildman–Crippen MR) is 105 cm³/mol. The molecular weight excluding hydrogens is 386 g/mol. The molecule has 2 amide bonds. The highest BCUT2D eigenvalue weighted by molar-refractivity contribution is 7.09. The second-order valence-electron chi connectivity index (χ2n) is 6.40. The fraction of sp³-hybridized carbons (Fsp3) is 0.421. The third kappa shape index (κ3) is 5.94. The third-order valence-corrected chi connectivity index (χ3v) is 5.47. The summed E-state index contributed by atoms with van der Waals surface area (Å²) in [7, 11) is 0. The van der Waals surface area contributed by atoms with Crippen LogP contribution in [-0.4, -0.2) is 29.9 Å². The van der Waals surface area contributed by atoms with Gasteiger partial charge in [0.05, 0.1) is 0 Å². The van der Waals surface area contributed by atoms with Gasteiger partial charge in [0.1, 0.15) is 23.1 Å². The Morgan fingerprint density at radius 2 is 1.85 bits per heavy atom. The first-order valence-corrected chi connectivity index (χ1v) is 10.3. The summed E-state index contributed by atoms with van der Waals surface area (Å²) in [6, 6.07) is 7.07. The van der Waals surface area contributed by atoms with Gasteiger partial charge in [0.15, 0.2) is 0 Å². The maximum Gasteiger partial charge on any atom is 0.270 e. The van der Waals surface area contributed by atoms with Gasteiger partial charge in [-0.3, -0.25) is 9.59 Å². The van der Waals surface area contributed by atoms with E-state index in [2.05, 4.69) is 15.6 Å². The molecule has 1 aliphatic carbocycles. The number of halogens is 1. The van der Waals surface area contributed by atoms with Crippen LogP contribution >= 0.6 is 22.9 Å². The number of carbonyl (C=O) groups is 2. The molecule has 1 aliphatic rings. The lowest BCUT2D eigenvalue weighted by molar-refractivity contribution is -0.124. The Kier molecular flexibility index (Phi) is 7.06. The van der Waals surface area contributed by atoms with Crippen molar-refractivity contribution < 1.29 is 14.3 Å². The summed E-state index contributed by atoms with van der Waals surface area (Å²) in [6.45, 7) is 1.10. The van der Waals surface area contributed by atoms with Crippen LogP contribution in [0.3, 0.4) is 0 Å². The van der Waals surface area contributed by atoms with Crippen LogP contribution in [0.5, 0.6) is 5.75 Å². The monoisotopic (exact) mass is 407 g/mol. The molecule has 1 saturated carbocycles. The van der Waals surface area contributed by atoms with Crippen molar-refractivity contribution >= 4 is 34.8 Å². The van der Waals surface area contributed by atoms with Crippen LogP contribution in [0.15, 0.2) is 29.6 Å². The largest absolute Gasteiger partial charge is 0.486 e. The Balaban J connectivity index is 1.37. The number of nitrogens with zero attached hydrogens (tertiary/aromatic N) is 1. The van der Waals surface area contributed by atoms with Crippen LogP contribution in [0.2, 0.25) is 5.02 Å². The lowest BCUT2D eigenvalue weighted by atomic mass is 10.1. The van der Waals surface area contributed by atoms with Crippen LogP contribution in [0.25, 0.3) is 0 Å². The molecule has 1 aromatic heterocycles. The first-order valence-electron chi connectivity index (χ1n) is 9.00. The minimum atomic E-state index is -0.251. The van der Waals surface area contributed by atoms with Crippen molar-refractivity contribution in [1.82, 2.24) is 15.6 Å². The molecule has 27 heavy (non-hydrogen) atoms. The number of thiazole rings is 1. The predicted octanol–water partition coefficient (Wildman–Crippen LogP) is 3.41. The molecule has 1 fully saturated rings. The Hall–Kier alpha value is -2.12. The van der Waals surface area contributed by atoms with E-state index in [1.807, 2.05) is 0 Å². The Bertz CT molecular complexity index is 773. The molecule has 6 nitrogen and oxygen atoms in total. The van der Waals surface area contributed by atoms with Gasteiger partial charge in [-0.1, -0.05) is 24.4 Å². The SMILES string of the molecule is O=C(NCCNC(=O)C1CCCC1)c1csc(COc2ccc(Cl)cc2)n1. The van der Waals surface area contributed by atoms with E-state index < -0.39 is 0 Å². The summed E-state index contributed by atoms with van der Waals surface area (Å²) in [5.41, 5.74) is 0.358. The van der Waals surface area contributed by atoms with E-state index in [4.69, 9.17) is 16.3 Å². The van der Waals surface area contributed by atoms with Crippen molar-refractivity contribution in [3.05, 3.63) is 45.4 Å². The van der Waals surface area contributed by atoms with Gasteiger partial charge < -0.3 is 15.4 Å². The molecule has 1 heterocycles. The first-order chi connectivity index (χ1) is 13.1. The van der Waals surface area contributed by atoms with Gasteiger partial charge in [-0.2, -0.15) is 0 Å². The molecule has 2 N–H and O–H groups in total. The van der Waals surface area contributed by atoms with E-state index in [1.165, 1.54) is 11.3 Å². The topological polar surface area (TPSA) is 80.3 Å². The molecule has 144 valence electrons. The van der Waals surface area contributed by atoms with Gasteiger partial charge in [0.25, 0.3) is 5.91 Å². The zero-order chi connectivity index (χ0) is 19.1. The maximum absolute atomic E-state index is 12.1. The molecule has 0 bridgehead atoms. The summed E-state index contributed by atoms with van der Waals surface area (Å²) in [5, 5.41) is 8.71. The van der Waals surface area contributed by atoms with E-state index in [1.54, 1.807) is 29.6 Å². The average Bonchev–Trinajstić information content (AvgIpc) is 3.36. The maximum atomic E-state index is 12.1. The summed E-state index contributed by atoms with van der Waals surface area (Å²) >= 11 is 7.20. The second kappa shape index (κ2) is 9.71. The highest BCUT2D eigenvalue weighted by Gasteiger charge is 2.22. The molecule has 0 atom stereocenters. The fourth-order valence-corrected chi connectivity index (χ4v) is 3.75. The van der Waals surface area contributed by atoms with Crippen LogP contribution in [0, 0.1) is 5.92 Å². The van der Waals surface area contributed by atoms with Crippen molar-refractivity contribution in [2.45, 2.75) is 32.3 Å². The number of ether oxygens (including phenoxy) is 1. The number of carbonyl (C=O) groups excluding carboxylic acids is 2. The number of hydrogen-bond acceptors (Lipinski definition) is 5. The molecule has 0 radical (unpaired) electrons.